The molecule has 1 aromatic carbocycles. The third-order valence-electron chi connectivity index (χ3n) is 5.91. The van der Waals surface area contributed by atoms with Gasteiger partial charge < -0.3 is 14.5 Å². The Hall–Kier alpha value is -3.15. The van der Waals surface area contributed by atoms with Crippen molar-refractivity contribution in [2.75, 3.05) is 13.1 Å². The van der Waals surface area contributed by atoms with Crippen molar-refractivity contribution in [3.05, 3.63) is 60.3 Å². The van der Waals surface area contributed by atoms with Gasteiger partial charge in [-0.2, -0.15) is 0 Å². The van der Waals surface area contributed by atoms with Gasteiger partial charge in [0.05, 0.1) is 17.2 Å². The SMILES string of the molecule is Cn1c([C@@H]2CCN(C(=O)CCc3c[nH]c4ccccc34)C2)nc2ccncc21. The van der Waals surface area contributed by atoms with E-state index in [1.54, 1.807) is 6.20 Å². The van der Waals surface area contributed by atoms with Gasteiger partial charge in [-0.05, 0) is 30.5 Å². The first-order valence-electron chi connectivity index (χ1n) is 9.80. The van der Waals surface area contributed by atoms with Gasteiger partial charge in [0.25, 0.3) is 0 Å². The van der Waals surface area contributed by atoms with Crippen LogP contribution < -0.4 is 0 Å². The van der Waals surface area contributed by atoms with Crippen molar-refractivity contribution in [3.63, 3.8) is 0 Å². The Kier molecular flexibility index (Phi) is 4.11. The normalized spacial score (nSPS) is 17.0. The van der Waals surface area contributed by atoms with Crippen molar-refractivity contribution in [1.82, 2.24) is 24.4 Å². The van der Waals surface area contributed by atoms with E-state index in [1.165, 1.54) is 10.9 Å². The predicted octanol–water partition coefficient (Wildman–Crippen LogP) is 3.40. The molecule has 6 nitrogen and oxygen atoms in total. The summed E-state index contributed by atoms with van der Waals surface area (Å²) >= 11 is 0. The van der Waals surface area contributed by atoms with E-state index in [0.29, 0.717) is 6.42 Å². The van der Waals surface area contributed by atoms with E-state index < -0.39 is 0 Å². The first-order chi connectivity index (χ1) is 13.7. The largest absolute Gasteiger partial charge is 0.361 e. The van der Waals surface area contributed by atoms with Gasteiger partial charge in [-0.1, -0.05) is 18.2 Å². The monoisotopic (exact) mass is 373 g/mol. The van der Waals surface area contributed by atoms with Crippen molar-refractivity contribution in [3.8, 4) is 0 Å². The van der Waals surface area contributed by atoms with E-state index in [0.717, 1.165) is 48.3 Å². The Labute approximate surface area is 163 Å². The first kappa shape index (κ1) is 17.0. The Morgan fingerprint density at radius 2 is 2.18 bits per heavy atom. The zero-order chi connectivity index (χ0) is 19.1. The standard InChI is InChI=1S/C22H23N5O/c1-26-20-13-23-10-8-19(20)25-22(26)16-9-11-27(14-16)21(28)7-6-15-12-24-18-5-3-2-4-17(15)18/h2-5,8,10,12-13,16,24H,6-7,9,11,14H2,1H3/t16-/m1/s1. The summed E-state index contributed by atoms with van der Waals surface area (Å²) in [5.41, 5.74) is 4.35. The van der Waals surface area contributed by atoms with Crippen LogP contribution >= 0.6 is 0 Å². The van der Waals surface area contributed by atoms with Gasteiger partial charge in [-0.25, -0.2) is 4.98 Å². The number of aryl methyl sites for hydroxylation is 2. The molecule has 4 heterocycles. The quantitative estimate of drug-likeness (QED) is 0.596. The molecule has 4 aromatic rings. The second-order valence-corrected chi connectivity index (χ2v) is 7.58. The number of likely N-dealkylation sites (tertiary alicyclic amines) is 1. The Morgan fingerprint density at radius 3 is 3.07 bits per heavy atom. The van der Waals surface area contributed by atoms with Crippen LogP contribution in [0.15, 0.2) is 48.9 Å². The van der Waals surface area contributed by atoms with E-state index in [2.05, 4.69) is 26.7 Å². The third kappa shape index (κ3) is 2.85. The highest BCUT2D eigenvalue weighted by Gasteiger charge is 2.30. The number of rotatable bonds is 4. The maximum Gasteiger partial charge on any atom is 0.222 e. The van der Waals surface area contributed by atoms with Crippen LogP contribution in [0.2, 0.25) is 0 Å². The number of aromatic amines is 1. The van der Waals surface area contributed by atoms with Crippen LogP contribution in [0.3, 0.4) is 0 Å². The summed E-state index contributed by atoms with van der Waals surface area (Å²) in [6, 6.07) is 10.2. The molecule has 1 saturated heterocycles. The molecule has 1 aliphatic heterocycles. The molecule has 0 bridgehead atoms. The summed E-state index contributed by atoms with van der Waals surface area (Å²) in [6.07, 6.45) is 7.92. The summed E-state index contributed by atoms with van der Waals surface area (Å²) in [6.45, 7) is 1.55. The van der Waals surface area contributed by atoms with Gasteiger partial charge in [0.1, 0.15) is 5.82 Å². The van der Waals surface area contributed by atoms with Crippen LogP contribution in [-0.4, -0.2) is 43.4 Å². The number of H-pyrrole nitrogens is 1. The molecule has 0 unspecified atom stereocenters. The molecule has 6 heteroatoms. The number of carbonyl (C=O) groups is 1. The van der Waals surface area contributed by atoms with Crippen molar-refractivity contribution >= 4 is 27.8 Å². The number of carbonyl (C=O) groups excluding carboxylic acids is 1. The molecule has 1 atom stereocenters. The average Bonchev–Trinajstić information content (AvgIpc) is 3.44. The fourth-order valence-electron chi connectivity index (χ4n) is 4.35. The van der Waals surface area contributed by atoms with Gasteiger partial charge in [-0.15, -0.1) is 0 Å². The van der Waals surface area contributed by atoms with E-state index in [1.807, 2.05) is 42.5 Å². The van der Waals surface area contributed by atoms with Crippen LogP contribution in [0, 0.1) is 0 Å². The molecule has 5 rings (SSSR count). The molecule has 3 aromatic heterocycles. The highest BCUT2D eigenvalue weighted by atomic mass is 16.2. The van der Waals surface area contributed by atoms with Crippen LogP contribution in [-0.2, 0) is 18.3 Å². The van der Waals surface area contributed by atoms with E-state index >= 15 is 0 Å². The summed E-state index contributed by atoms with van der Waals surface area (Å²) in [5, 5.41) is 1.21. The summed E-state index contributed by atoms with van der Waals surface area (Å²) in [5.74, 6) is 1.57. The lowest BCUT2D eigenvalue weighted by molar-refractivity contribution is -0.130. The zero-order valence-corrected chi connectivity index (χ0v) is 15.9. The lowest BCUT2D eigenvalue weighted by Gasteiger charge is -2.16. The van der Waals surface area contributed by atoms with Crippen LogP contribution in [0.5, 0.6) is 0 Å². The zero-order valence-electron chi connectivity index (χ0n) is 15.9. The van der Waals surface area contributed by atoms with Crippen molar-refractivity contribution in [1.29, 1.82) is 0 Å². The van der Waals surface area contributed by atoms with Gasteiger partial charge in [-0.3, -0.25) is 9.78 Å². The highest BCUT2D eigenvalue weighted by Crippen LogP contribution is 2.29. The molecule has 1 aliphatic rings. The molecule has 0 radical (unpaired) electrons. The molecule has 0 saturated carbocycles. The molecule has 142 valence electrons. The summed E-state index contributed by atoms with van der Waals surface area (Å²) in [7, 11) is 2.04. The molecule has 0 aliphatic carbocycles. The molecule has 28 heavy (non-hydrogen) atoms. The number of fused-ring (bicyclic) bond motifs is 2. The lowest BCUT2D eigenvalue weighted by Crippen LogP contribution is -2.28. The topological polar surface area (TPSA) is 66.8 Å². The van der Waals surface area contributed by atoms with Crippen molar-refractivity contribution < 1.29 is 4.79 Å². The minimum atomic E-state index is 0.230. The van der Waals surface area contributed by atoms with Crippen LogP contribution in [0.4, 0.5) is 0 Å². The number of aromatic nitrogens is 4. The van der Waals surface area contributed by atoms with Gasteiger partial charge in [0.2, 0.25) is 5.91 Å². The van der Waals surface area contributed by atoms with Gasteiger partial charge in [0, 0.05) is 55.8 Å². The number of nitrogens with one attached hydrogen (secondary N) is 1. The fourth-order valence-corrected chi connectivity index (χ4v) is 4.35. The van der Waals surface area contributed by atoms with E-state index in [4.69, 9.17) is 4.98 Å². The lowest BCUT2D eigenvalue weighted by atomic mass is 10.1. The Bertz CT molecular complexity index is 1160. The third-order valence-corrected chi connectivity index (χ3v) is 5.91. The number of amides is 1. The Morgan fingerprint density at radius 1 is 1.29 bits per heavy atom. The van der Waals surface area contributed by atoms with Crippen molar-refractivity contribution in [2.24, 2.45) is 7.05 Å². The molecule has 1 N–H and O–H groups in total. The number of hydrogen-bond donors (Lipinski definition) is 1. The average molecular weight is 373 g/mol. The van der Waals surface area contributed by atoms with Crippen LogP contribution in [0.25, 0.3) is 21.9 Å². The number of hydrogen-bond acceptors (Lipinski definition) is 3. The molecular weight excluding hydrogens is 350 g/mol. The number of imidazole rings is 1. The minimum absolute atomic E-state index is 0.230. The predicted molar refractivity (Wildman–Crippen MR) is 109 cm³/mol. The number of para-hydroxylation sites is 1. The van der Waals surface area contributed by atoms with E-state index in [-0.39, 0.29) is 11.8 Å². The fraction of sp³-hybridized carbons (Fsp3) is 0.318. The van der Waals surface area contributed by atoms with Gasteiger partial charge >= 0.3 is 0 Å². The highest BCUT2D eigenvalue weighted by molar-refractivity contribution is 5.84. The van der Waals surface area contributed by atoms with Crippen LogP contribution in [0.1, 0.15) is 30.1 Å². The second kappa shape index (κ2) is 6.78. The van der Waals surface area contributed by atoms with Gasteiger partial charge in [0.15, 0.2) is 0 Å². The molecule has 1 amide bonds. The molecular formula is C22H23N5O. The maximum absolute atomic E-state index is 12.8. The Balaban J connectivity index is 1.26. The smallest absolute Gasteiger partial charge is 0.222 e. The maximum atomic E-state index is 12.8. The number of pyridine rings is 1. The summed E-state index contributed by atoms with van der Waals surface area (Å²) < 4.78 is 2.12. The van der Waals surface area contributed by atoms with E-state index in [9.17, 15) is 4.79 Å². The van der Waals surface area contributed by atoms with Crippen molar-refractivity contribution in [2.45, 2.75) is 25.2 Å². The minimum Gasteiger partial charge on any atom is -0.361 e. The molecule has 1 fully saturated rings. The molecule has 0 spiro atoms. The second-order valence-electron chi connectivity index (χ2n) is 7.58. The number of nitrogens with zero attached hydrogens (tertiary/aromatic N) is 4. The summed E-state index contributed by atoms with van der Waals surface area (Å²) in [4.78, 5) is 27.1. The first-order valence-corrected chi connectivity index (χ1v) is 9.80. The number of benzene rings is 1.